The summed E-state index contributed by atoms with van der Waals surface area (Å²) < 4.78 is 6.68. The molecule has 1 aliphatic heterocycles. The first-order valence-corrected chi connectivity index (χ1v) is 9.24. The molecule has 120 valence electrons. The van der Waals surface area contributed by atoms with Gasteiger partial charge < -0.3 is 4.74 Å². The molecule has 0 saturated carbocycles. The number of hydrogen-bond acceptors (Lipinski definition) is 2. The lowest BCUT2D eigenvalue weighted by molar-refractivity contribution is 0.165. The van der Waals surface area contributed by atoms with Gasteiger partial charge in [-0.2, -0.15) is 0 Å². The maximum atomic E-state index is 6.68. The van der Waals surface area contributed by atoms with Gasteiger partial charge in [-0.1, -0.05) is 66.7 Å². The summed E-state index contributed by atoms with van der Waals surface area (Å²) in [5.74, 6) is 0.929. The maximum absolute atomic E-state index is 6.68. The number of hydrogen-bond donors (Lipinski definition) is 0. The summed E-state index contributed by atoms with van der Waals surface area (Å²) in [6, 6.07) is 27.3. The average molecular weight is 340 g/mol. The van der Waals surface area contributed by atoms with E-state index < -0.39 is 5.60 Å². The van der Waals surface area contributed by atoms with Crippen LogP contribution in [0.25, 0.3) is 16.8 Å². The fourth-order valence-corrected chi connectivity index (χ4v) is 4.41. The van der Waals surface area contributed by atoms with Gasteiger partial charge in [0.25, 0.3) is 0 Å². The largest absolute Gasteiger partial charge is 0.472 e. The highest BCUT2D eigenvalue weighted by molar-refractivity contribution is 7.10. The summed E-state index contributed by atoms with van der Waals surface area (Å²) in [6.07, 6.45) is 4.41. The Hall–Kier alpha value is -2.84. The smallest absolute Gasteiger partial charge is 0.187 e. The van der Waals surface area contributed by atoms with Crippen LogP contribution in [-0.2, 0) is 5.60 Å². The van der Waals surface area contributed by atoms with E-state index in [1.165, 1.54) is 15.6 Å². The molecule has 2 heterocycles. The van der Waals surface area contributed by atoms with E-state index in [-0.39, 0.29) is 0 Å². The predicted molar refractivity (Wildman–Crippen MR) is 105 cm³/mol. The fourth-order valence-electron chi connectivity index (χ4n) is 3.55. The van der Waals surface area contributed by atoms with Gasteiger partial charge in [0.1, 0.15) is 5.75 Å². The normalized spacial score (nSPS) is 18.7. The molecule has 25 heavy (non-hydrogen) atoms. The second-order valence-corrected chi connectivity index (χ2v) is 7.16. The Morgan fingerprint density at radius 1 is 0.760 bits per heavy atom. The van der Waals surface area contributed by atoms with Crippen molar-refractivity contribution in [3.63, 3.8) is 0 Å². The van der Waals surface area contributed by atoms with Crippen molar-refractivity contribution in [2.24, 2.45) is 0 Å². The van der Waals surface area contributed by atoms with E-state index in [0.29, 0.717) is 0 Å². The van der Waals surface area contributed by atoms with Crippen molar-refractivity contribution in [2.45, 2.75) is 5.60 Å². The van der Waals surface area contributed by atoms with Gasteiger partial charge in [0, 0.05) is 11.1 Å². The van der Waals surface area contributed by atoms with Crippen LogP contribution in [0.2, 0.25) is 0 Å². The van der Waals surface area contributed by atoms with Gasteiger partial charge in [-0.3, -0.25) is 0 Å². The molecule has 5 rings (SSSR count). The zero-order valence-corrected chi connectivity index (χ0v) is 14.4. The van der Waals surface area contributed by atoms with E-state index in [1.807, 2.05) is 6.07 Å². The maximum Gasteiger partial charge on any atom is 0.187 e. The Bertz CT molecular complexity index is 1060. The first-order valence-electron chi connectivity index (χ1n) is 8.36. The van der Waals surface area contributed by atoms with Gasteiger partial charge >= 0.3 is 0 Å². The van der Waals surface area contributed by atoms with Crippen LogP contribution in [0.15, 0.2) is 90.3 Å². The summed E-state index contributed by atoms with van der Waals surface area (Å²) in [4.78, 5) is 1.19. The Kier molecular flexibility index (Phi) is 3.25. The molecule has 1 nitrogen and oxygen atoms in total. The van der Waals surface area contributed by atoms with Crippen molar-refractivity contribution in [3.8, 4) is 5.75 Å². The van der Waals surface area contributed by atoms with Gasteiger partial charge in [0.05, 0.1) is 4.88 Å². The number of thiophene rings is 1. The molecule has 0 saturated heterocycles. The molecule has 2 heteroatoms. The molecule has 0 bridgehead atoms. The van der Waals surface area contributed by atoms with Gasteiger partial charge in [0.2, 0.25) is 0 Å². The van der Waals surface area contributed by atoms with Crippen LogP contribution in [-0.4, -0.2) is 0 Å². The van der Waals surface area contributed by atoms with Crippen molar-refractivity contribution < 1.29 is 4.74 Å². The molecule has 0 spiro atoms. The lowest BCUT2D eigenvalue weighted by atomic mass is 9.87. The van der Waals surface area contributed by atoms with Crippen molar-refractivity contribution in [3.05, 3.63) is 106 Å². The Labute approximate surface area is 150 Å². The summed E-state index contributed by atoms with van der Waals surface area (Å²) in [5, 5.41) is 4.56. The highest BCUT2D eigenvalue weighted by atomic mass is 32.1. The van der Waals surface area contributed by atoms with Crippen LogP contribution in [0.3, 0.4) is 0 Å². The third-order valence-corrected chi connectivity index (χ3v) is 5.76. The second kappa shape index (κ2) is 5.61. The third kappa shape index (κ3) is 2.22. The minimum Gasteiger partial charge on any atom is -0.472 e. The highest BCUT2D eigenvalue weighted by Crippen LogP contribution is 2.45. The monoisotopic (exact) mass is 340 g/mol. The highest BCUT2D eigenvalue weighted by Gasteiger charge is 2.38. The van der Waals surface area contributed by atoms with Crippen LogP contribution in [0, 0.1) is 0 Å². The summed E-state index contributed by atoms with van der Waals surface area (Å²) >= 11 is 1.73. The van der Waals surface area contributed by atoms with E-state index >= 15 is 0 Å². The van der Waals surface area contributed by atoms with Crippen molar-refractivity contribution in [2.75, 3.05) is 0 Å². The van der Waals surface area contributed by atoms with Gasteiger partial charge in [-0.05, 0) is 40.4 Å². The van der Waals surface area contributed by atoms with E-state index in [4.69, 9.17) is 4.74 Å². The fraction of sp³-hybridized carbons (Fsp3) is 0.0435. The lowest BCUT2D eigenvalue weighted by Crippen LogP contribution is -2.33. The molecule has 0 fully saturated rings. The minimum absolute atomic E-state index is 0.565. The standard InChI is InChI=1S/C23H16OS/c1-2-8-18(9-3-1)23(22-11-6-16-25-22)15-14-20-19-10-5-4-7-17(19)12-13-21(20)24-23/h1-16H. The number of benzene rings is 3. The van der Waals surface area contributed by atoms with Crippen molar-refractivity contribution in [1.29, 1.82) is 0 Å². The van der Waals surface area contributed by atoms with Crippen molar-refractivity contribution >= 4 is 28.2 Å². The second-order valence-electron chi connectivity index (χ2n) is 6.21. The molecular weight excluding hydrogens is 324 g/mol. The topological polar surface area (TPSA) is 9.23 Å². The zero-order valence-electron chi connectivity index (χ0n) is 13.6. The third-order valence-electron chi connectivity index (χ3n) is 4.78. The van der Waals surface area contributed by atoms with E-state index in [1.54, 1.807) is 11.3 Å². The quantitative estimate of drug-likeness (QED) is 0.419. The van der Waals surface area contributed by atoms with E-state index in [2.05, 4.69) is 90.3 Å². The molecule has 1 unspecified atom stereocenters. The Morgan fingerprint density at radius 2 is 1.60 bits per heavy atom. The van der Waals surface area contributed by atoms with Crippen LogP contribution in [0.5, 0.6) is 5.75 Å². The van der Waals surface area contributed by atoms with Crippen molar-refractivity contribution in [1.82, 2.24) is 0 Å². The number of rotatable bonds is 2. The minimum atomic E-state index is -0.565. The van der Waals surface area contributed by atoms with E-state index in [9.17, 15) is 0 Å². The van der Waals surface area contributed by atoms with Gasteiger partial charge in [-0.25, -0.2) is 0 Å². The van der Waals surface area contributed by atoms with Crippen LogP contribution in [0.1, 0.15) is 16.0 Å². The molecule has 4 aromatic rings. The summed E-state index contributed by atoms with van der Waals surface area (Å²) in [5.41, 5.74) is 1.74. The molecule has 0 radical (unpaired) electrons. The number of ether oxygens (including phenoxy) is 1. The first kappa shape index (κ1) is 14.5. The zero-order chi connectivity index (χ0) is 16.7. The molecule has 0 N–H and O–H groups in total. The van der Waals surface area contributed by atoms with Crippen LogP contribution >= 0.6 is 11.3 Å². The molecule has 0 aliphatic carbocycles. The summed E-state index contributed by atoms with van der Waals surface area (Å²) in [7, 11) is 0. The van der Waals surface area contributed by atoms with Gasteiger partial charge in [0.15, 0.2) is 5.60 Å². The van der Waals surface area contributed by atoms with Crippen LogP contribution in [0.4, 0.5) is 0 Å². The van der Waals surface area contributed by atoms with Gasteiger partial charge in [-0.15, -0.1) is 11.3 Å². The molecule has 1 aliphatic rings. The molecular formula is C23H16OS. The Morgan fingerprint density at radius 3 is 2.44 bits per heavy atom. The predicted octanol–water partition coefficient (Wildman–Crippen LogP) is 6.25. The number of fused-ring (bicyclic) bond motifs is 3. The summed E-state index contributed by atoms with van der Waals surface area (Å²) in [6.45, 7) is 0. The lowest BCUT2D eigenvalue weighted by Gasteiger charge is -2.35. The van der Waals surface area contributed by atoms with Crippen LogP contribution < -0.4 is 4.74 Å². The molecule has 1 atom stereocenters. The molecule has 3 aromatic carbocycles. The average Bonchev–Trinajstić information content (AvgIpc) is 3.23. The molecule has 0 amide bonds. The molecule has 1 aromatic heterocycles. The van der Waals surface area contributed by atoms with E-state index in [0.717, 1.165) is 16.9 Å². The first-order chi connectivity index (χ1) is 12.4. The SMILES string of the molecule is C1=CC(c2ccccc2)(c2cccs2)Oc2ccc3ccccc3c21. The Balaban J connectivity index is 1.74.